The summed E-state index contributed by atoms with van der Waals surface area (Å²) in [6.07, 6.45) is 1.42. The van der Waals surface area contributed by atoms with Crippen LogP contribution in [0.4, 0.5) is 0 Å². The molecule has 15 heavy (non-hydrogen) atoms. The smallest absolute Gasteiger partial charge is 0.255 e. The first kappa shape index (κ1) is 10.4. The van der Waals surface area contributed by atoms with Crippen LogP contribution in [-0.4, -0.2) is 30.6 Å². The second-order valence-electron chi connectivity index (χ2n) is 3.44. The summed E-state index contributed by atoms with van der Waals surface area (Å²) in [6, 6.07) is 2.09. The van der Waals surface area contributed by atoms with Crippen LogP contribution in [0.15, 0.2) is 29.5 Å². The average Bonchev–Trinajstić information content (AvgIpc) is 2.74. The van der Waals surface area contributed by atoms with E-state index in [4.69, 9.17) is 4.74 Å². The van der Waals surface area contributed by atoms with Gasteiger partial charge in [-0.15, -0.1) is 6.58 Å². The SMILES string of the molecule is C=CCN1C(=O)[C@@H](OC)[C@@H]1c1ccsc1. The van der Waals surface area contributed by atoms with Crippen molar-refractivity contribution in [3.05, 3.63) is 35.0 Å². The Balaban J connectivity index is 2.20. The van der Waals surface area contributed by atoms with Crippen molar-refractivity contribution in [2.45, 2.75) is 12.1 Å². The van der Waals surface area contributed by atoms with Gasteiger partial charge in [0, 0.05) is 13.7 Å². The van der Waals surface area contributed by atoms with Gasteiger partial charge in [-0.2, -0.15) is 11.3 Å². The second kappa shape index (κ2) is 4.16. The van der Waals surface area contributed by atoms with Crippen LogP contribution in [0, 0.1) is 0 Å². The number of carbonyl (C=O) groups excluding carboxylic acids is 1. The van der Waals surface area contributed by atoms with E-state index in [-0.39, 0.29) is 18.1 Å². The van der Waals surface area contributed by atoms with Crippen molar-refractivity contribution in [3.63, 3.8) is 0 Å². The Morgan fingerprint density at radius 3 is 3.07 bits per heavy atom. The van der Waals surface area contributed by atoms with Crippen LogP contribution < -0.4 is 0 Å². The lowest BCUT2D eigenvalue weighted by Gasteiger charge is -2.45. The normalized spacial score (nSPS) is 25.1. The molecule has 0 aliphatic carbocycles. The molecule has 1 aliphatic rings. The molecule has 1 saturated heterocycles. The second-order valence-corrected chi connectivity index (χ2v) is 4.22. The number of nitrogens with zero attached hydrogens (tertiary/aromatic N) is 1. The number of hydrogen-bond donors (Lipinski definition) is 0. The minimum absolute atomic E-state index is 0.0496. The minimum atomic E-state index is -0.320. The van der Waals surface area contributed by atoms with Crippen LogP contribution in [-0.2, 0) is 9.53 Å². The van der Waals surface area contributed by atoms with Crippen LogP contribution in [0.5, 0.6) is 0 Å². The highest BCUT2D eigenvalue weighted by Crippen LogP contribution is 2.37. The Kier molecular flexibility index (Phi) is 2.88. The van der Waals surface area contributed by atoms with Crippen LogP contribution in [0.3, 0.4) is 0 Å². The van der Waals surface area contributed by atoms with Crippen LogP contribution >= 0.6 is 11.3 Å². The molecule has 4 heteroatoms. The van der Waals surface area contributed by atoms with Gasteiger partial charge >= 0.3 is 0 Å². The molecule has 1 aromatic rings. The van der Waals surface area contributed by atoms with E-state index in [1.165, 1.54) is 0 Å². The van der Waals surface area contributed by atoms with Crippen LogP contribution in [0.2, 0.25) is 0 Å². The van der Waals surface area contributed by atoms with E-state index in [1.54, 1.807) is 29.4 Å². The third kappa shape index (κ3) is 1.60. The number of amides is 1. The lowest BCUT2D eigenvalue weighted by molar-refractivity contribution is -0.169. The zero-order chi connectivity index (χ0) is 10.8. The fourth-order valence-corrected chi connectivity index (χ4v) is 2.58. The fourth-order valence-electron chi connectivity index (χ4n) is 1.89. The summed E-state index contributed by atoms with van der Waals surface area (Å²) in [5, 5.41) is 4.07. The van der Waals surface area contributed by atoms with Crippen molar-refractivity contribution >= 4 is 17.2 Å². The fraction of sp³-hybridized carbons (Fsp3) is 0.364. The number of hydrogen-bond acceptors (Lipinski definition) is 3. The number of thiophene rings is 1. The maximum absolute atomic E-state index is 11.6. The molecule has 2 heterocycles. The molecule has 1 aromatic heterocycles. The molecule has 0 saturated carbocycles. The first-order valence-corrected chi connectivity index (χ1v) is 5.70. The topological polar surface area (TPSA) is 29.5 Å². The van der Waals surface area contributed by atoms with Crippen molar-refractivity contribution in [3.8, 4) is 0 Å². The third-order valence-electron chi connectivity index (χ3n) is 2.61. The average molecular weight is 223 g/mol. The largest absolute Gasteiger partial charge is 0.369 e. The molecule has 80 valence electrons. The maximum atomic E-state index is 11.6. The van der Waals surface area contributed by atoms with Crippen molar-refractivity contribution in [1.82, 2.24) is 4.90 Å². The monoisotopic (exact) mass is 223 g/mol. The molecule has 0 unspecified atom stereocenters. The van der Waals surface area contributed by atoms with E-state index in [0.29, 0.717) is 6.54 Å². The number of carbonyl (C=O) groups is 1. The Hall–Kier alpha value is -1.13. The zero-order valence-corrected chi connectivity index (χ0v) is 9.37. The van der Waals surface area contributed by atoms with Gasteiger partial charge in [0.15, 0.2) is 6.10 Å². The van der Waals surface area contributed by atoms with E-state index < -0.39 is 0 Å². The summed E-state index contributed by atoms with van der Waals surface area (Å²) in [6.45, 7) is 4.23. The molecule has 3 nitrogen and oxygen atoms in total. The predicted octanol–water partition coefficient (Wildman–Crippen LogP) is 1.83. The van der Waals surface area contributed by atoms with E-state index in [2.05, 4.69) is 12.0 Å². The number of rotatable bonds is 4. The molecule has 0 N–H and O–H groups in total. The Bertz CT molecular complexity index is 361. The first-order chi connectivity index (χ1) is 7.29. The quantitative estimate of drug-likeness (QED) is 0.575. The number of methoxy groups -OCH3 is 1. The Morgan fingerprint density at radius 2 is 2.53 bits per heavy atom. The number of β-lactam (4-membered cyclic amide) rings is 1. The van der Waals surface area contributed by atoms with Gasteiger partial charge in [0.05, 0.1) is 6.04 Å². The van der Waals surface area contributed by atoms with Crippen molar-refractivity contribution in [2.24, 2.45) is 0 Å². The lowest BCUT2D eigenvalue weighted by Crippen LogP contribution is -2.59. The molecule has 0 radical (unpaired) electrons. The summed E-state index contributed by atoms with van der Waals surface area (Å²) in [5.41, 5.74) is 1.15. The molecular weight excluding hydrogens is 210 g/mol. The van der Waals surface area contributed by atoms with E-state index >= 15 is 0 Å². The molecule has 2 atom stereocenters. The van der Waals surface area contributed by atoms with Gasteiger partial charge < -0.3 is 9.64 Å². The molecule has 1 aliphatic heterocycles. The molecular formula is C11H13NO2S. The predicted molar refractivity (Wildman–Crippen MR) is 59.8 cm³/mol. The van der Waals surface area contributed by atoms with Gasteiger partial charge in [-0.25, -0.2) is 0 Å². The molecule has 1 fully saturated rings. The Morgan fingerprint density at radius 1 is 1.73 bits per heavy atom. The van der Waals surface area contributed by atoms with Crippen LogP contribution in [0.1, 0.15) is 11.6 Å². The van der Waals surface area contributed by atoms with Gasteiger partial charge in [0.2, 0.25) is 0 Å². The summed E-state index contributed by atoms with van der Waals surface area (Å²) < 4.78 is 5.19. The number of likely N-dealkylation sites (tertiary alicyclic amines) is 1. The number of ether oxygens (including phenoxy) is 1. The van der Waals surface area contributed by atoms with E-state index in [1.807, 2.05) is 11.4 Å². The highest BCUT2D eigenvalue weighted by molar-refractivity contribution is 7.08. The van der Waals surface area contributed by atoms with Gasteiger partial charge in [-0.3, -0.25) is 4.79 Å². The highest BCUT2D eigenvalue weighted by atomic mass is 32.1. The van der Waals surface area contributed by atoms with E-state index in [0.717, 1.165) is 5.56 Å². The summed E-state index contributed by atoms with van der Waals surface area (Å²) in [5.74, 6) is 0.0496. The standard InChI is InChI=1S/C11H13NO2S/c1-3-5-12-9(8-4-6-15-7-8)10(14-2)11(12)13/h3-4,6-7,9-10H,1,5H2,2H3/t9-,10-/m0/s1. The lowest BCUT2D eigenvalue weighted by atomic mass is 9.92. The molecule has 2 rings (SSSR count). The van der Waals surface area contributed by atoms with Gasteiger partial charge in [0.1, 0.15) is 0 Å². The van der Waals surface area contributed by atoms with E-state index in [9.17, 15) is 4.79 Å². The third-order valence-corrected chi connectivity index (χ3v) is 3.31. The van der Waals surface area contributed by atoms with Crippen molar-refractivity contribution < 1.29 is 9.53 Å². The first-order valence-electron chi connectivity index (χ1n) is 4.76. The van der Waals surface area contributed by atoms with Gasteiger partial charge in [-0.05, 0) is 22.4 Å². The summed E-state index contributed by atoms with van der Waals surface area (Å²) in [7, 11) is 1.58. The van der Waals surface area contributed by atoms with Crippen molar-refractivity contribution in [2.75, 3.05) is 13.7 Å². The van der Waals surface area contributed by atoms with Crippen molar-refractivity contribution in [1.29, 1.82) is 0 Å². The zero-order valence-electron chi connectivity index (χ0n) is 8.55. The molecule has 0 aromatic carbocycles. The Labute approximate surface area is 93.0 Å². The van der Waals surface area contributed by atoms with Gasteiger partial charge in [-0.1, -0.05) is 6.08 Å². The highest BCUT2D eigenvalue weighted by Gasteiger charge is 2.47. The summed E-state index contributed by atoms with van der Waals surface area (Å²) >= 11 is 1.63. The molecule has 0 spiro atoms. The minimum Gasteiger partial charge on any atom is -0.369 e. The molecule has 1 amide bonds. The maximum Gasteiger partial charge on any atom is 0.255 e. The van der Waals surface area contributed by atoms with Gasteiger partial charge in [0.25, 0.3) is 5.91 Å². The summed E-state index contributed by atoms with van der Waals surface area (Å²) in [4.78, 5) is 13.4. The molecule has 0 bridgehead atoms. The van der Waals surface area contributed by atoms with Crippen LogP contribution in [0.25, 0.3) is 0 Å².